The summed E-state index contributed by atoms with van der Waals surface area (Å²) in [6, 6.07) is 11.3. The summed E-state index contributed by atoms with van der Waals surface area (Å²) >= 11 is 6.36. The van der Waals surface area contributed by atoms with Gasteiger partial charge in [0.2, 0.25) is 10.0 Å². The van der Waals surface area contributed by atoms with E-state index < -0.39 is 22.0 Å². The quantitative estimate of drug-likeness (QED) is 0.494. The van der Waals surface area contributed by atoms with Crippen LogP contribution in [0.15, 0.2) is 36.4 Å². The van der Waals surface area contributed by atoms with Gasteiger partial charge in [-0.2, -0.15) is 0 Å². The van der Waals surface area contributed by atoms with Crippen LogP contribution in [0.25, 0.3) is 0 Å². The van der Waals surface area contributed by atoms with E-state index in [0.29, 0.717) is 37.8 Å². The number of carbonyl (C=O) groups excluding carboxylic acids is 1. The van der Waals surface area contributed by atoms with Gasteiger partial charge in [0.05, 0.1) is 30.8 Å². The summed E-state index contributed by atoms with van der Waals surface area (Å²) in [6.07, 6.45) is 4.88. The summed E-state index contributed by atoms with van der Waals surface area (Å²) in [7, 11) is -3.87. The van der Waals surface area contributed by atoms with Crippen molar-refractivity contribution in [3.8, 4) is 5.75 Å². The molecular formula is C29H35ClN2O6S. The van der Waals surface area contributed by atoms with E-state index in [0.717, 1.165) is 42.8 Å². The minimum atomic E-state index is -3.87. The Morgan fingerprint density at radius 1 is 1.10 bits per heavy atom. The van der Waals surface area contributed by atoms with E-state index in [-0.39, 0.29) is 35.9 Å². The molecule has 1 spiro atoms. The van der Waals surface area contributed by atoms with Crippen molar-refractivity contribution in [2.45, 2.75) is 50.0 Å². The van der Waals surface area contributed by atoms with Crippen molar-refractivity contribution in [2.75, 3.05) is 43.6 Å². The molecule has 0 saturated heterocycles. The predicted octanol–water partition coefficient (Wildman–Crippen LogP) is 3.68. The molecule has 2 aliphatic carbocycles. The van der Waals surface area contributed by atoms with Crippen molar-refractivity contribution < 1.29 is 27.8 Å². The number of nitrogens with zero attached hydrogens (tertiary/aromatic N) is 1. The first-order chi connectivity index (χ1) is 18.7. The summed E-state index contributed by atoms with van der Waals surface area (Å²) in [5.41, 5.74) is 3.30. The third-order valence-corrected chi connectivity index (χ3v) is 10.5. The van der Waals surface area contributed by atoms with E-state index in [2.05, 4.69) is 21.8 Å². The number of sulfonamides is 1. The molecule has 0 radical (unpaired) electrons. The first kappa shape index (κ1) is 26.9. The number of amides is 1. The average molecular weight is 575 g/mol. The van der Waals surface area contributed by atoms with Gasteiger partial charge >= 0.3 is 0 Å². The zero-order chi connectivity index (χ0) is 27.2. The molecule has 8 nitrogen and oxygen atoms in total. The molecule has 0 aromatic heterocycles. The lowest BCUT2D eigenvalue weighted by Gasteiger charge is -2.45. The Labute approximate surface area is 234 Å². The third kappa shape index (κ3) is 5.38. The number of nitrogens with one attached hydrogen (secondary N) is 1. The van der Waals surface area contributed by atoms with E-state index in [1.54, 1.807) is 18.2 Å². The van der Waals surface area contributed by atoms with Gasteiger partial charge in [-0.1, -0.05) is 17.7 Å². The molecule has 6 rings (SSSR count). The molecule has 1 saturated carbocycles. The maximum absolute atomic E-state index is 13.0. The largest absolute Gasteiger partial charge is 0.490 e. The minimum Gasteiger partial charge on any atom is -0.490 e. The molecule has 2 bridgehead atoms. The van der Waals surface area contributed by atoms with Crippen LogP contribution in [0.1, 0.15) is 53.6 Å². The number of aliphatic hydroxyl groups excluding tert-OH is 1. The Bertz CT molecular complexity index is 1370. The molecule has 210 valence electrons. The lowest BCUT2D eigenvalue weighted by molar-refractivity contribution is -0.00696. The lowest BCUT2D eigenvalue weighted by Crippen LogP contribution is -2.49. The smallest absolute Gasteiger partial charge is 0.264 e. The standard InChI is InChI=1S/C29H35ClN2O6S/c30-22-5-7-24-19(14-22)2-1-10-29(24)17-32-16-21-3-6-23(21)26(33)9-11-37-12-13-39(35,36)31-28(34)20-4-8-27(38-18-29)25(32)15-20/h4-5,7-8,14-15,21,23,26,33H,1-3,6,9-13,16-18H2,(H,31,34)/t21-,23+,26+,29-/m0/s1. The number of carbonyl (C=O) groups is 1. The Balaban J connectivity index is 1.40. The number of halogens is 1. The van der Waals surface area contributed by atoms with Crippen LogP contribution in [0.5, 0.6) is 5.75 Å². The molecule has 39 heavy (non-hydrogen) atoms. The molecule has 2 aliphatic heterocycles. The van der Waals surface area contributed by atoms with Crippen LogP contribution in [0.4, 0.5) is 5.69 Å². The van der Waals surface area contributed by atoms with Gasteiger partial charge in [0, 0.05) is 35.7 Å². The Morgan fingerprint density at radius 2 is 1.97 bits per heavy atom. The fraction of sp³-hybridized carbons (Fsp3) is 0.552. The van der Waals surface area contributed by atoms with E-state index >= 15 is 0 Å². The van der Waals surface area contributed by atoms with E-state index in [4.69, 9.17) is 21.1 Å². The first-order valence-electron chi connectivity index (χ1n) is 13.8. The third-order valence-electron chi connectivity index (χ3n) is 9.03. The van der Waals surface area contributed by atoms with Gasteiger partial charge in [-0.05, 0) is 91.8 Å². The predicted molar refractivity (Wildman–Crippen MR) is 149 cm³/mol. The van der Waals surface area contributed by atoms with Gasteiger partial charge in [-0.15, -0.1) is 0 Å². The van der Waals surface area contributed by atoms with Crippen LogP contribution in [-0.4, -0.2) is 64.2 Å². The first-order valence-corrected chi connectivity index (χ1v) is 15.9. The number of aryl methyl sites for hydroxylation is 1. The van der Waals surface area contributed by atoms with Gasteiger partial charge in [0.25, 0.3) is 5.91 Å². The molecule has 1 amide bonds. The minimum absolute atomic E-state index is 0.0377. The molecule has 10 heteroatoms. The lowest BCUT2D eigenvalue weighted by atomic mass is 9.68. The summed E-state index contributed by atoms with van der Waals surface area (Å²) in [6.45, 7) is 2.15. The Kier molecular flexibility index (Phi) is 7.29. The van der Waals surface area contributed by atoms with E-state index in [1.807, 2.05) is 6.07 Å². The SMILES string of the molecule is O=C1NS(=O)(=O)CCOCC[C@@H](O)[C@@H]2CC[C@H]2CN2C[C@@]3(CCCc4cc(Cl)ccc43)COc3ccc1cc32. The van der Waals surface area contributed by atoms with Crippen molar-refractivity contribution >= 4 is 33.2 Å². The van der Waals surface area contributed by atoms with Gasteiger partial charge in [0.1, 0.15) is 5.75 Å². The van der Waals surface area contributed by atoms with Crippen molar-refractivity contribution in [1.82, 2.24) is 4.72 Å². The fourth-order valence-corrected chi connectivity index (χ4v) is 7.84. The van der Waals surface area contributed by atoms with Crippen molar-refractivity contribution in [3.63, 3.8) is 0 Å². The van der Waals surface area contributed by atoms with Crippen molar-refractivity contribution in [3.05, 3.63) is 58.1 Å². The Hall–Kier alpha value is -2.33. The summed E-state index contributed by atoms with van der Waals surface area (Å²) in [5, 5.41) is 11.7. The highest BCUT2D eigenvalue weighted by molar-refractivity contribution is 7.90. The summed E-state index contributed by atoms with van der Waals surface area (Å²) in [4.78, 5) is 15.3. The van der Waals surface area contributed by atoms with Crippen LogP contribution in [-0.2, 0) is 26.6 Å². The number of hydrogen-bond acceptors (Lipinski definition) is 7. The normalized spacial score (nSPS) is 30.7. The zero-order valence-electron chi connectivity index (χ0n) is 21.9. The molecule has 0 unspecified atom stereocenters. The number of benzene rings is 2. The number of hydrogen-bond donors (Lipinski definition) is 2. The number of anilines is 1. The topological polar surface area (TPSA) is 105 Å². The highest BCUT2D eigenvalue weighted by atomic mass is 35.5. The Morgan fingerprint density at radius 3 is 2.79 bits per heavy atom. The van der Waals surface area contributed by atoms with Crippen LogP contribution in [0.3, 0.4) is 0 Å². The second kappa shape index (κ2) is 10.6. The summed E-state index contributed by atoms with van der Waals surface area (Å²) < 4.78 is 39.2. The molecule has 4 atom stereocenters. The van der Waals surface area contributed by atoms with Crippen LogP contribution in [0, 0.1) is 11.8 Å². The summed E-state index contributed by atoms with van der Waals surface area (Å²) in [5.74, 6) is 0.129. The van der Waals surface area contributed by atoms with Gasteiger partial charge < -0.3 is 19.5 Å². The van der Waals surface area contributed by atoms with Gasteiger partial charge in [0.15, 0.2) is 0 Å². The molecule has 2 aromatic carbocycles. The molecule has 2 heterocycles. The highest BCUT2D eigenvalue weighted by Gasteiger charge is 2.44. The maximum atomic E-state index is 13.0. The highest BCUT2D eigenvalue weighted by Crippen LogP contribution is 2.46. The number of rotatable bonds is 0. The van der Waals surface area contributed by atoms with Gasteiger partial charge in [-0.25, -0.2) is 13.1 Å². The number of fused-ring (bicyclic) bond motifs is 4. The zero-order valence-corrected chi connectivity index (χ0v) is 23.5. The fourth-order valence-electron chi connectivity index (χ4n) is 6.81. The van der Waals surface area contributed by atoms with Crippen LogP contribution in [0.2, 0.25) is 5.02 Å². The van der Waals surface area contributed by atoms with E-state index in [1.165, 1.54) is 11.1 Å². The van der Waals surface area contributed by atoms with Gasteiger partial charge in [-0.3, -0.25) is 4.79 Å². The number of aliphatic hydroxyl groups is 1. The molecular weight excluding hydrogens is 540 g/mol. The molecule has 2 aromatic rings. The maximum Gasteiger partial charge on any atom is 0.264 e. The monoisotopic (exact) mass is 574 g/mol. The average Bonchev–Trinajstić information content (AvgIpc) is 3.02. The second-order valence-electron chi connectivity index (χ2n) is 11.5. The second-order valence-corrected chi connectivity index (χ2v) is 13.8. The van der Waals surface area contributed by atoms with Crippen molar-refractivity contribution in [1.29, 1.82) is 0 Å². The molecule has 2 N–H and O–H groups in total. The van der Waals surface area contributed by atoms with E-state index in [9.17, 15) is 18.3 Å². The molecule has 4 aliphatic rings. The van der Waals surface area contributed by atoms with Crippen LogP contribution < -0.4 is 14.4 Å². The number of ether oxygens (including phenoxy) is 2. The van der Waals surface area contributed by atoms with Crippen molar-refractivity contribution in [2.24, 2.45) is 11.8 Å². The molecule has 1 fully saturated rings. The van der Waals surface area contributed by atoms with Crippen LogP contribution >= 0.6 is 11.6 Å².